The molecule has 1 rings (SSSR count). The minimum atomic E-state index is -0.596. The Hall–Kier alpha value is -0.530. The molecule has 2 heteroatoms. The van der Waals surface area contributed by atoms with E-state index in [9.17, 15) is 4.79 Å². The third-order valence-electron chi connectivity index (χ3n) is 2.74. The summed E-state index contributed by atoms with van der Waals surface area (Å²) in [4.78, 5) is 10.7. The van der Waals surface area contributed by atoms with Gasteiger partial charge in [-0.05, 0) is 24.7 Å². The van der Waals surface area contributed by atoms with E-state index in [4.69, 9.17) is 5.11 Å². The molecule has 1 aliphatic rings. The lowest BCUT2D eigenvalue weighted by Crippen LogP contribution is -2.21. The highest BCUT2D eigenvalue weighted by Gasteiger charge is 2.34. The van der Waals surface area contributed by atoms with Crippen molar-refractivity contribution in [2.75, 3.05) is 0 Å². The molecule has 0 saturated heterocycles. The molecule has 1 saturated carbocycles. The van der Waals surface area contributed by atoms with Crippen LogP contribution in [0, 0.1) is 17.8 Å². The first-order valence-electron chi connectivity index (χ1n) is 4.35. The van der Waals surface area contributed by atoms with Crippen LogP contribution in [-0.4, -0.2) is 11.1 Å². The van der Waals surface area contributed by atoms with Crippen molar-refractivity contribution in [2.24, 2.45) is 17.8 Å². The van der Waals surface area contributed by atoms with E-state index in [1.807, 2.05) is 0 Å². The molecule has 0 aromatic carbocycles. The zero-order chi connectivity index (χ0) is 8.43. The lowest BCUT2D eigenvalue weighted by Gasteiger charge is -2.18. The zero-order valence-electron chi connectivity index (χ0n) is 7.21. The maximum atomic E-state index is 10.7. The molecule has 1 unspecified atom stereocenters. The summed E-state index contributed by atoms with van der Waals surface area (Å²) in [5.74, 6) is 0.294. The van der Waals surface area contributed by atoms with Gasteiger partial charge >= 0.3 is 5.97 Å². The highest BCUT2D eigenvalue weighted by molar-refractivity contribution is 5.70. The number of aliphatic carboxylic acids is 1. The molecule has 0 bridgehead atoms. The van der Waals surface area contributed by atoms with Crippen molar-refractivity contribution in [2.45, 2.75) is 33.1 Å². The van der Waals surface area contributed by atoms with E-state index in [2.05, 4.69) is 13.8 Å². The maximum absolute atomic E-state index is 10.7. The van der Waals surface area contributed by atoms with Gasteiger partial charge in [-0.15, -0.1) is 0 Å². The van der Waals surface area contributed by atoms with E-state index in [0.717, 1.165) is 19.3 Å². The van der Waals surface area contributed by atoms with E-state index >= 15 is 0 Å². The lowest BCUT2D eigenvalue weighted by molar-refractivity contribution is -0.143. The topological polar surface area (TPSA) is 37.3 Å². The Morgan fingerprint density at radius 3 is 2.45 bits per heavy atom. The highest BCUT2D eigenvalue weighted by atomic mass is 16.4. The van der Waals surface area contributed by atoms with Crippen molar-refractivity contribution < 1.29 is 9.90 Å². The van der Waals surface area contributed by atoms with Crippen molar-refractivity contribution >= 4 is 5.97 Å². The molecule has 1 aliphatic carbocycles. The van der Waals surface area contributed by atoms with Crippen molar-refractivity contribution in [3.8, 4) is 0 Å². The minimum Gasteiger partial charge on any atom is -0.481 e. The fraction of sp³-hybridized carbons (Fsp3) is 0.889. The molecule has 2 nitrogen and oxygen atoms in total. The summed E-state index contributed by atoms with van der Waals surface area (Å²) in [6.07, 6.45) is 3.09. The summed E-state index contributed by atoms with van der Waals surface area (Å²) < 4.78 is 0. The standard InChI is InChI=1S/C9H16O2/c1-6(2)7-4-3-5-8(7)9(10)11/h6-8H,3-5H2,1-2H3,(H,10,11)/t7-,8?/m0/s1. The zero-order valence-corrected chi connectivity index (χ0v) is 7.21. The number of hydrogen-bond donors (Lipinski definition) is 1. The van der Waals surface area contributed by atoms with Crippen molar-refractivity contribution in [1.82, 2.24) is 0 Å². The summed E-state index contributed by atoms with van der Waals surface area (Å²) in [6.45, 7) is 4.23. The van der Waals surface area contributed by atoms with Crippen molar-refractivity contribution in [3.05, 3.63) is 0 Å². The summed E-state index contributed by atoms with van der Waals surface area (Å²) >= 11 is 0. The van der Waals surface area contributed by atoms with Gasteiger partial charge in [0, 0.05) is 0 Å². The number of carbonyl (C=O) groups is 1. The van der Waals surface area contributed by atoms with Crippen LogP contribution < -0.4 is 0 Å². The molecular formula is C9H16O2. The maximum Gasteiger partial charge on any atom is 0.306 e. The Balaban J connectivity index is 2.58. The summed E-state index contributed by atoms with van der Waals surface area (Å²) in [6, 6.07) is 0. The average Bonchev–Trinajstić information content (AvgIpc) is 2.32. The van der Waals surface area contributed by atoms with E-state index in [0.29, 0.717) is 11.8 Å². The third-order valence-corrected chi connectivity index (χ3v) is 2.74. The quantitative estimate of drug-likeness (QED) is 0.665. The molecule has 0 aromatic heterocycles. The Labute approximate surface area is 67.6 Å². The van der Waals surface area contributed by atoms with E-state index < -0.39 is 5.97 Å². The summed E-state index contributed by atoms with van der Waals surface area (Å²) in [7, 11) is 0. The first kappa shape index (κ1) is 8.57. The Morgan fingerprint density at radius 2 is 2.09 bits per heavy atom. The second kappa shape index (κ2) is 3.24. The minimum absolute atomic E-state index is 0.0602. The molecule has 0 aromatic rings. The Kier molecular flexibility index (Phi) is 2.53. The van der Waals surface area contributed by atoms with Gasteiger partial charge in [-0.25, -0.2) is 0 Å². The smallest absolute Gasteiger partial charge is 0.306 e. The van der Waals surface area contributed by atoms with E-state index in [-0.39, 0.29) is 5.92 Å². The summed E-state index contributed by atoms with van der Waals surface area (Å²) in [5, 5.41) is 8.83. The Morgan fingerprint density at radius 1 is 1.45 bits per heavy atom. The Bertz CT molecular complexity index is 152. The third kappa shape index (κ3) is 1.73. The first-order chi connectivity index (χ1) is 5.13. The molecule has 1 fully saturated rings. The second-order valence-electron chi connectivity index (χ2n) is 3.78. The molecule has 1 N–H and O–H groups in total. The number of hydrogen-bond acceptors (Lipinski definition) is 1. The van der Waals surface area contributed by atoms with Crippen LogP contribution in [-0.2, 0) is 4.79 Å². The van der Waals surface area contributed by atoms with Gasteiger partial charge in [0.25, 0.3) is 0 Å². The average molecular weight is 156 g/mol. The monoisotopic (exact) mass is 156 g/mol. The van der Waals surface area contributed by atoms with Gasteiger partial charge in [-0.3, -0.25) is 4.79 Å². The van der Waals surface area contributed by atoms with Gasteiger partial charge in [0.05, 0.1) is 5.92 Å². The molecule has 0 amide bonds. The van der Waals surface area contributed by atoms with Crippen LogP contribution in [0.2, 0.25) is 0 Å². The molecule has 0 heterocycles. The predicted octanol–water partition coefficient (Wildman–Crippen LogP) is 2.14. The summed E-state index contributed by atoms with van der Waals surface area (Å²) in [5.41, 5.74) is 0. The molecule has 64 valence electrons. The normalized spacial score (nSPS) is 31.2. The fourth-order valence-electron chi connectivity index (χ4n) is 2.09. The SMILES string of the molecule is CC(C)[C@@H]1CCCC1C(=O)O. The van der Waals surface area contributed by atoms with Gasteiger partial charge in [0.15, 0.2) is 0 Å². The largest absolute Gasteiger partial charge is 0.481 e. The predicted molar refractivity (Wildman–Crippen MR) is 43.3 cm³/mol. The van der Waals surface area contributed by atoms with Crippen molar-refractivity contribution in [1.29, 1.82) is 0 Å². The fourth-order valence-corrected chi connectivity index (χ4v) is 2.09. The van der Waals surface area contributed by atoms with Crippen LogP contribution in [0.25, 0.3) is 0 Å². The van der Waals surface area contributed by atoms with Gasteiger partial charge in [0.1, 0.15) is 0 Å². The van der Waals surface area contributed by atoms with Crippen LogP contribution in [0.5, 0.6) is 0 Å². The molecule has 0 radical (unpaired) electrons. The van der Waals surface area contributed by atoms with Gasteiger partial charge in [0.2, 0.25) is 0 Å². The van der Waals surface area contributed by atoms with Gasteiger partial charge in [-0.1, -0.05) is 20.3 Å². The van der Waals surface area contributed by atoms with Crippen LogP contribution >= 0.6 is 0 Å². The lowest BCUT2D eigenvalue weighted by atomic mass is 9.86. The van der Waals surface area contributed by atoms with Gasteiger partial charge in [-0.2, -0.15) is 0 Å². The van der Waals surface area contributed by atoms with Crippen LogP contribution in [0.3, 0.4) is 0 Å². The van der Waals surface area contributed by atoms with Gasteiger partial charge < -0.3 is 5.11 Å². The molecule has 0 aliphatic heterocycles. The molecule has 0 spiro atoms. The molecular weight excluding hydrogens is 140 g/mol. The van der Waals surface area contributed by atoms with Crippen LogP contribution in [0.4, 0.5) is 0 Å². The van der Waals surface area contributed by atoms with Crippen molar-refractivity contribution in [3.63, 3.8) is 0 Å². The van der Waals surface area contributed by atoms with Crippen LogP contribution in [0.1, 0.15) is 33.1 Å². The molecule has 11 heavy (non-hydrogen) atoms. The molecule has 2 atom stereocenters. The first-order valence-corrected chi connectivity index (χ1v) is 4.35. The van der Waals surface area contributed by atoms with Crippen LogP contribution in [0.15, 0.2) is 0 Å². The van der Waals surface area contributed by atoms with E-state index in [1.165, 1.54) is 0 Å². The number of rotatable bonds is 2. The number of carboxylic acids is 1. The highest BCUT2D eigenvalue weighted by Crippen LogP contribution is 2.36. The number of carboxylic acid groups (broad SMARTS) is 1. The van der Waals surface area contributed by atoms with E-state index in [1.54, 1.807) is 0 Å². The second-order valence-corrected chi connectivity index (χ2v) is 3.78.